The first-order chi connectivity index (χ1) is 5.79. The van der Waals surface area contributed by atoms with Gasteiger partial charge in [-0.05, 0) is 0 Å². The number of hydrogen-bond acceptors (Lipinski definition) is 5. The van der Waals surface area contributed by atoms with Crippen molar-refractivity contribution in [1.82, 2.24) is 0 Å². The highest BCUT2D eigenvalue weighted by atomic mass is 16.6. The van der Waals surface area contributed by atoms with E-state index in [1.807, 2.05) is 0 Å². The normalized spacial score (nSPS) is 18.3. The molecule has 64 valence electrons. The number of nitrogens with zero attached hydrogens (tertiary/aromatic N) is 1. The molecule has 0 atom stereocenters. The molecule has 0 saturated carbocycles. The molecule has 5 nitrogen and oxygen atoms in total. The van der Waals surface area contributed by atoms with Crippen molar-refractivity contribution in [2.75, 3.05) is 13.2 Å². The third kappa shape index (κ3) is 2.96. The Morgan fingerprint density at radius 3 is 2.08 bits per heavy atom. The van der Waals surface area contributed by atoms with Crippen molar-refractivity contribution in [3.8, 4) is 0 Å². The van der Waals surface area contributed by atoms with Gasteiger partial charge in [-0.15, -0.1) is 0 Å². The number of cyclic esters (lactones) is 2. The highest BCUT2D eigenvalue weighted by Crippen LogP contribution is 1.92. The van der Waals surface area contributed by atoms with Gasteiger partial charge in [0.2, 0.25) is 0 Å². The van der Waals surface area contributed by atoms with E-state index < -0.39 is 11.9 Å². The van der Waals surface area contributed by atoms with E-state index in [1.165, 1.54) is 6.40 Å². The molecule has 2 heterocycles. The van der Waals surface area contributed by atoms with Crippen LogP contribution in [0.4, 0.5) is 0 Å². The van der Waals surface area contributed by atoms with E-state index in [0.717, 1.165) is 25.3 Å². The predicted molar refractivity (Wildman–Crippen MR) is 39.6 cm³/mol. The smallest absolute Gasteiger partial charge is 0.338 e. The van der Waals surface area contributed by atoms with E-state index in [0.29, 0.717) is 0 Å². The summed E-state index contributed by atoms with van der Waals surface area (Å²) in [6.07, 6.45) is 3.66. The summed E-state index contributed by atoms with van der Waals surface area (Å²) in [6.45, 7) is 1.62. The summed E-state index contributed by atoms with van der Waals surface area (Å²) in [5, 5.41) is 0. The summed E-state index contributed by atoms with van der Waals surface area (Å²) in [5.41, 5.74) is 0. The molecule has 0 amide bonds. The lowest BCUT2D eigenvalue weighted by Crippen LogP contribution is -1.96. The van der Waals surface area contributed by atoms with E-state index in [-0.39, 0.29) is 0 Å². The standard InChI is InChI=1S/C4H2O3.C3H5NO/c5-3-1-2-4(6)7-3;1-2-5-3-4-1/h1-2H;3H,1-2H2. The molecular weight excluding hydrogens is 162 g/mol. The second-order valence-electron chi connectivity index (χ2n) is 1.96. The van der Waals surface area contributed by atoms with Gasteiger partial charge in [0.1, 0.15) is 6.61 Å². The summed E-state index contributed by atoms with van der Waals surface area (Å²) in [4.78, 5) is 23.6. The van der Waals surface area contributed by atoms with Crippen LogP contribution in [0.25, 0.3) is 0 Å². The van der Waals surface area contributed by atoms with E-state index in [9.17, 15) is 9.59 Å². The minimum atomic E-state index is -0.579. The predicted octanol–water partition coefficient (Wildman–Crippen LogP) is -0.329. The first kappa shape index (κ1) is 8.45. The molecule has 5 heteroatoms. The van der Waals surface area contributed by atoms with E-state index in [2.05, 4.69) is 14.5 Å². The zero-order valence-corrected chi connectivity index (χ0v) is 6.23. The summed E-state index contributed by atoms with van der Waals surface area (Å²) >= 11 is 0. The summed E-state index contributed by atoms with van der Waals surface area (Å²) in [6, 6.07) is 0. The number of esters is 2. The maximum atomic E-state index is 9.92. The molecular formula is C7H7NO4. The van der Waals surface area contributed by atoms with Crippen molar-refractivity contribution in [3.05, 3.63) is 12.2 Å². The molecule has 0 aromatic carbocycles. The lowest BCUT2D eigenvalue weighted by Gasteiger charge is -1.80. The molecule has 2 aliphatic heterocycles. The van der Waals surface area contributed by atoms with Crippen LogP contribution in [0.3, 0.4) is 0 Å². The lowest BCUT2D eigenvalue weighted by molar-refractivity contribution is -0.150. The summed E-state index contributed by atoms with van der Waals surface area (Å²) in [7, 11) is 0. The van der Waals surface area contributed by atoms with Crippen LogP contribution in [0.2, 0.25) is 0 Å². The van der Waals surface area contributed by atoms with Crippen molar-refractivity contribution in [2.24, 2.45) is 4.99 Å². The summed E-state index contributed by atoms with van der Waals surface area (Å²) < 4.78 is 8.62. The first-order valence-electron chi connectivity index (χ1n) is 3.33. The number of hydrogen-bond donors (Lipinski definition) is 0. The van der Waals surface area contributed by atoms with Gasteiger partial charge in [-0.2, -0.15) is 0 Å². The molecule has 0 fully saturated rings. The van der Waals surface area contributed by atoms with Crippen molar-refractivity contribution in [1.29, 1.82) is 0 Å². The van der Waals surface area contributed by atoms with Crippen LogP contribution < -0.4 is 0 Å². The Kier molecular flexibility index (Phi) is 3.01. The van der Waals surface area contributed by atoms with Gasteiger partial charge in [-0.1, -0.05) is 0 Å². The molecule has 0 N–H and O–H groups in total. The quantitative estimate of drug-likeness (QED) is 0.368. The van der Waals surface area contributed by atoms with Crippen molar-refractivity contribution >= 4 is 18.3 Å². The van der Waals surface area contributed by atoms with E-state index >= 15 is 0 Å². The Balaban J connectivity index is 0.000000127. The fraction of sp³-hybridized carbons (Fsp3) is 0.286. The molecule has 12 heavy (non-hydrogen) atoms. The van der Waals surface area contributed by atoms with Gasteiger partial charge < -0.3 is 9.47 Å². The van der Waals surface area contributed by atoms with Gasteiger partial charge in [-0.25, -0.2) is 9.59 Å². The Labute approximate surface area is 68.7 Å². The lowest BCUT2D eigenvalue weighted by atomic mass is 10.6. The number of rotatable bonds is 0. The first-order valence-corrected chi connectivity index (χ1v) is 3.33. The van der Waals surface area contributed by atoms with Crippen LogP contribution in [-0.4, -0.2) is 31.5 Å². The average molecular weight is 169 g/mol. The Morgan fingerprint density at radius 2 is 1.92 bits per heavy atom. The fourth-order valence-electron chi connectivity index (χ4n) is 0.567. The minimum absolute atomic E-state index is 0.579. The second kappa shape index (κ2) is 4.27. The zero-order chi connectivity index (χ0) is 8.81. The zero-order valence-electron chi connectivity index (χ0n) is 6.23. The molecule has 2 rings (SSSR count). The van der Waals surface area contributed by atoms with Gasteiger partial charge in [0, 0.05) is 12.2 Å². The molecule has 0 spiro atoms. The Hall–Kier alpha value is -1.65. The van der Waals surface area contributed by atoms with Crippen LogP contribution in [0.15, 0.2) is 17.1 Å². The number of ether oxygens (including phenoxy) is 2. The molecule has 2 aliphatic rings. The van der Waals surface area contributed by atoms with Crippen LogP contribution in [0, 0.1) is 0 Å². The fourth-order valence-corrected chi connectivity index (χ4v) is 0.567. The van der Waals surface area contributed by atoms with Crippen LogP contribution in [0.5, 0.6) is 0 Å². The number of carbonyl (C=O) groups excluding carboxylic acids is 2. The maximum Gasteiger partial charge on any atom is 0.338 e. The number of aliphatic imine (C=N–C) groups is 1. The molecule has 0 aromatic heterocycles. The molecule has 0 unspecified atom stereocenters. The SMILES string of the molecule is C1=NCCO1.O=C1C=CC(=O)O1. The monoisotopic (exact) mass is 169 g/mol. The summed E-state index contributed by atoms with van der Waals surface area (Å²) in [5.74, 6) is -1.16. The number of carbonyl (C=O) groups is 2. The van der Waals surface area contributed by atoms with Gasteiger partial charge in [0.25, 0.3) is 0 Å². The minimum Gasteiger partial charge on any atom is -0.482 e. The van der Waals surface area contributed by atoms with Gasteiger partial charge in [-0.3, -0.25) is 4.99 Å². The van der Waals surface area contributed by atoms with E-state index in [4.69, 9.17) is 0 Å². The highest BCUT2D eigenvalue weighted by molar-refractivity contribution is 6.04. The molecule has 0 bridgehead atoms. The van der Waals surface area contributed by atoms with Crippen LogP contribution in [0.1, 0.15) is 0 Å². The van der Waals surface area contributed by atoms with Crippen LogP contribution >= 0.6 is 0 Å². The van der Waals surface area contributed by atoms with Crippen molar-refractivity contribution in [3.63, 3.8) is 0 Å². The van der Waals surface area contributed by atoms with Gasteiger partial charge >= 0.3 is 11.9 Å². The average Bonchev–Trinajstić information content (AvgIpc) is 2.63. The highest BCUT2D eigenvalue weighted by Gasteiger charge is 2.10. The topological polar surface area (TPSA) is 65.0 Å². The third-order valence-corrected chi connectivity index (χ3v) is 1.04. The van der Waals surface area contributed by atoms with Crippen molar-refractivity contribution < 1.29 is 19.1 Å². The second-order valence-corrected chi connectivity index (χ2v) is 1.96. The third-order valence-electron chi connectivity index (χ3n) is 1.04. The van der Waals surface area contributed by atoms with E-state index in [1.54, 1.807) is 0 Å². The maximum absolute atomic E-state index is 9.92. The molecule has 0 saturated heterocycles. The van der Waals surface area contributed by atoms with Crippen molar-refractivity contribution in [2.45, 2.75) is 0 Å². The Bertz CT molecular complexity index is 222. The van der Waals surface area contributed by atoms with Crippen LogP contribution in [-0.2, 0) is 19.1 Å². The molecule has 0 aromatic rings. The van der Waals surface area contributed by atoms with Gasteiger partial charge in [0.15, 0.2) is 6.40 Å². The van der Waals surface area contributed by atoms with Gasteiger partial charge in [0.05, 0.1) is 6.54 Å². The Morgan fingerprint density at radius 1 is 1.25 bits per heavy atom. The molecule has 0 radical (unpaired) electrons. The molecule has 0 aliphatic carbocycles. The largest absolute Gasteiger partial charge is 0.482 e.